The minimum atomic E-state index is -0.127. The second kappa shape index (κ2) is 4.54. The van der Waals surface area contributed by atoms with E-state index in [0.29, 0.717) is 5.56 Å². The Kier molecular flexibility index (Phi) is 2.88. The Bertz CT molecular complexity index is 577. The van der Waals surface area contributed by atoms with E-state index in [9.17, 15) is 4.39 Å². The van der Waals surface area contributed by atoms with Crippen molar-refractivity contribution in [1.82, 2.24) is 5.32 Å². The smallest absolute Gasteiger partial charge is 0.126 e. The Balaban J connectivity index is 2.05. The van der Waals surface area contributed by atoms with Crippen LogP contribution in [0.25, 0.3) is 0 Å². The van der Waals surface area contributed by atoms with Crippen LogP contribution in [-0.4, -0.2) is 6.54 Å². The lowest BCUT2D eigenvalue weighted by atomic mass is 9.89. The minimum absolute atomic E-state index is 0.116. The van der Waals surface area contributed by atoms with E-state index in [0.717, 1.165) is 18.5 Å². The van der Waals surface area contributed by atoms with Gasteiger partial charge in [-0.1, -0.05) is 36.4 Å². The van der Waals surface area contributed by atoms with Crippen molar-refractivity contribution in [3.8, 4) is 0 Å². The zero-order chi connectivity index (χ0) is 12.5. The third kappa shape index (κ3) is 1.93. The van der Waals surface area contributed by atoms with E-state index in [1.165, 1.54) is 11.1 Å². The number of hydrogen-bond acceptors (Lipinski definition) is 1. The first kappa shape index (κ1) is 11.4. The molecule has 1 N–H and O–H groups in total. The fourth-order valence-electron chi connectivity index (χ4n) is 2.59. The molecule has 0 aromatic heterocycles. The molecule has 1 nitrogen and oxygen atoms in total. The van der Waals surface area contributed by atoms with E-state index < -0.39 is 0 Å². The first-order valence-corrected chi connectivity index (χ1v) is 6.33. The van der Waals surface area contributed by atoms with E-state index in [1.54, 1.807) is 13.0 Å². The Morgan fingerprint density at radius 1 is 1.17 bits per heavy atom. The number of nitrogens with one attached hydrogen (secondary N) is 1. The van der Waals surface area contributed by atoms with Crippen molar-refractivity contribution in [1.29, 1.82) is 0 Å². The molecule has 0 unspecified atom stereocenters. The molecule has 0 spiro atoms. The average molecular weight is 241 g/mol. The molecule has 0 saturated heterocycles. The van der Waals surface area contributed by atoms with Crippen molar-refractivity contribution < 1.29 is 4.39 Å². The topological polar surface area (TPSA) is 12.0 Å². The summed E-state index contributed by atoms with van der Waals surface area (Å²) < 4.78 is 13.7. The highest BCUT2D eigenvalue weighted by molar-refractivity contribution is 5.40. The summed E-state index contributed by atoms with van der Waals surface area (Å²) in [5.74, 6) is -0.127. The molecule has 0 aliphatic carbocycles. The molecule has 92 valence electrons. The fourth-order valence-corrected chi connectivity index (χ4v) is 2.59. The highest BCUT2D eigenvalue weighted by atomic mass is 19.1. The molecule has 1 heterocycles. The van der Waals surface area contributed by atoms with Crippen LogP contribution in [0.2, 0.25) is 0 Å². The van der Waals surface area contributed by atoms with Gasteiger partial charge in [0.1, 0.15) is 5.82 Å². The zero-order valence-electron chi connectivity index (χ0n) is 10.4. The number of benzene rings is 2. The van der Waals surface area contributed by atoms with Gasteiger partial charge in [0.05, 0.1) is 6.04 Å². The van der Waals surface area contributed by atoms with Crippen LogP contribution in [-0.2, 0) is 6.42 Å². The molecule has 0 fully saturated rings. The maximum atomic E-state index is 13.7. The van der Waals surface area contributed by atoms with E-state index in [4.69, 9.17) is 0 Å². The maximum absolute atomic E-state index is 13.7. The Hall–Kier alpha value is -1.67. The van der Waals surface area contributed by atoms with E-state index in [2.05, 4.69) is 23.5 Å². The molecule has 2 aromatic carbocycles. The largest absolute Gasteiger partial charge is 0.306 e. The van der Waals surface area contributed by atoms with Crippen molar-refractivity contribution in [3.63, 3.8) is 0 Å². The number of halogens is 1. The first-order valence-electron chi connectivity index (χ1n) is 6.33. The molecular weight excluding hydrogens is 225 g/mol. The van der Waals surface area contributed by atoms with Crippen LogP contribution in [0.3, 0.4) is 0 Å². The molecule has 0 amide bonds. The van der Waals surface area contributed by atoms with Gasteiger partial charge in [0.25, 0.3) is 0 Å². The molecular formula is C16H16FN. The number of fused-ring (bicyclic) bond motifs is 1. The van der Waals surface area contributed by atoms with Crippen LogP contribution in [0.1, 0.15) is 28.3 Å². The van der Waals surface area contributed by atoms with Gasteiger partial charge in [-0.3, -0.25) is 0 Å². The summed E-state index contributed by atoms with van der Waals surface area (Å²) in [5.41, 5.74) is 4.34. The summed E-state index contributed by atoms with van der Waals surface area (Å²) in [4.78, 5) is 0. The standard InChI is InChI=1S/C16H16FN/c1-11-6-7-13(10-15(11)17)16-14-5-3-2-4-12(14)8-9-18-16/h2-7,10,16,18H,8-9H2,1H3/t16-/m1/s1. The van der Waals surface area contributed by atoms with Crippen LogP contribution in [0.5, 0.6) is 0 Å². The Morgan fingerprint density at radius 3 is 2.83 bits per heavy atom. The average Bonchev–Trinajstić information content (AvgIpc) is 2.41. The Morgan fingerprint density at radius 2 is 2.00 bits per heavy atom. The van der Waals surface area contributed by atoms with E-state index in [-0.39, 0.29) is 11.9 Å². The van der Waals surface area contributed by atoms with Crippen LogP contribution in [0.15, 0.2) is 42.5 Å². The lowest BCUT2D eigenvalue weighted by Crippen LogP contribution is -2.30. The molecule has 2 heteroatoms. The van der Waals surface area contributed by atoms with Crippen LogP contribution < -0.4 is 5.32 Å². The molecule has 18 heavy (non-hydrogen) atoms. The van der Waals surface area contributed by atoms with Gasteiger partial charge in [0, 0.05) is 6.54 Å². The second-order valence-electron chi connectivity index (χ2n) is 4.84. The molecule has 1 aliphatic heterocycles. The van der Waals surface area contributed by atoms with Gasteiger partial charge in [0.2, 0.25) is 0 Å². The molecule has 3 rings (SSSR count). The number of aryl methyl sites for hydroxylation is 1. The summed E-state index contributed by atoms with van der Waals surface area (Å²) >= 11 is 0. The normalized spacial score (nSPS) is 18.4. The van der Waals surface area contributed by atoms with Crippen molar-refractivity contribution >= 4 is 0 Å². The zero-order valence-corrected chi connectivity index (χ0v) is 10.4. The van der Waals surface area contributed by atoms with Gasteiger partial charge in [-0.25, -0.2) is 4.39 Å². The highest BCUT2D eigenvalue weighted by Crippen LogP contribution is 2.29. The highest BCUT2D eigenvalue weighted by Gasteiger charge is 2.21. The van der Waals surface area contributed by atoms with Gasteiger partial charge in [-0.2, -0.15) is 0 Å². The lowest BCUT2D eigenvalue weighted by molar-refractivity contribution is 0.559. The fraction of sp³-hybridized carbons (Fsp3) is 0.250. The predicted octanol–water partition coefficient (Wildman–Crippen LogP) is 3.37. The van der Waals surface area contributed by atoms with Gasteiger partial charge in [-0.05, 0) is 41.7 Å². The molecule has 0 bridgehead atoms. The van der Waals surface area contributed by atoms with Crippen LogP contribution in [0, 0.1) is 12.7 Å². The molecule has 1 aliphatic rings. The summed E-state index contributed by atoms with van der Waals surface area (Å²) in [7, 11) is 0. The van der Waals surface area contributed by atoms with E-state index >= 15 is 0 Å². The van der Waals surface area contributed by atoms with Crippen molar-refractivity contribution in [3.05, 3.63) is 70.5 Å². The van der Waals surface area contributed by atoms with Crippen LogP contribution >= 0.6 is 0 Å². The van der Waals surface area contributed by atoms with Gasteiger partial charge in [0.15, 0.2) is 0 Å². The number of hydrogen-bond donors (Lipinski definition) is 1. The summed E-state index contributed by atoms with van der Waals surface area (Å²) in [6.07, 6.45) is 1.04. The maximum Gasteiger partial charge on any atom is 0.126 e. The van der Waals surface area contributed by atoms with Gasteiger partial charge < -0.3 is 5.32 Å². The molecule has 0 radical (unpaired) electrons. The first-order chi connectivity index (χ1) is 8.75. The third-order valence-corrected chi connectivity index (χ3v) is 3.64. The summed E-state index contributed by atoms with van der Waals surface area (Å²) in [6, 6.07) is 14.0. The Labute approximate surface area is 107 Å². The predicted molar refractivity (Wildman–Crippen MR) is 71.1 cm³/mol. The van der Waals surface area contributed by atoms with Crippen molar-refractivity contribution in [2.45, 2.75) is 19.4 Å². The SMILES string of the molecule is Cc1ccc([C@H]2NCCc3ccccc32)cc1F. The quantitative estimate of drug-likeness (QED) is 0.807. The minimum Gasteiger partial charge on any atom is -0.306 e. The molecule has 0 saturated carbocycles. The van der Waals surface area contributed by atoms with E-state index in [1.807, 2.05) is 18.2 Å². The monoisotopic (exact) mass is 241 g/mol. The number of rotatable bonds is 1. The molecule has 2 aromatic rings. The van der Waals surface area contributed by atoms with Crippen molar-refractivity contribution in [2.75, 3.05) is 6.54 Å². The third-order valence-electron chi connectivity index (χ3n) is 3.64. The molecule has 1 atom stereocenters. The second-order valence-corrected chi connectivity index (χ2v) is 4.84. The van der Waals surface area contributed by atoms with Crippen molar-refractivity contribution in [2.24, 2.45) is 0 Å². The summed E-state index contributed by atoms with van der Waals surface area (Å²) in [5, 5.41) is 3.47. The van der Waals surface area contributed by atoms with Gasteiger partial charge in [-0.15, -0.1) is 0 Å². The lowest BCUT2D eigenvalue weighted by Gasteiger charge is -2.27. The summed E-state index contributed by atoms with van der Waals surface area (Å²) in [6.45, 7) is 2.73. The van der Waals surface area contributed by atoms with Gasteiger partial charge >= 0.3 is 0 Å². The van der Waals surface area contributed by atoms with Crippen LogP contribution in [0.4, 0.5) is 4.39 Å².